The monoisotopic (exact) mass is 340 g/mol. The molecule has 1 aromatic rings. The highest BCUT2D eigenvalue weighted by atomic mass is 16.5. The van der Waals surface area contributed by atoms with Gasteiger partial charge in [0.2, 0.25) is 0 Å². The van der Waals surface area contributed by atoms with E-state index >= 15 is 0 Å². The fourth-order valence-electron chi connectivity index (χ4n) is 2.00. The highest BCUT2D eigenvalue weighted by Gasteiger charge is 2.09. The molecule has 0 amide bonds. The summed E-state index contributed by atoms with van der Waals surface area (Å²) in [4.78, 5) is 10.8. The smallest absolute Gasteiger partial charge is 0.194 e. The SMILES string of the molecule is CCCCOCCOCCN=C(NCC)N(C)Cc1ncnn1C. The quantitative estimate of drug-likeness (QED) is 0.348. The first-order valence-electron chi connectivity index (χ1n) is 8.66. The van der Waals surface area contributed by atoms with Crippen molar-refractivity contribution in [3.05, 3.63) is 12.2 Å². The second kappa shape index (κ2) is 12.7. The van der Waals surface area contributed by atoms with Gasteiger partial charge in [-0.3, -0.25) is 9.67 Å². The third kappa shape index (κ3) is 8.26. The van der Waals surface area contributed by atoms with E-state index in [1.165, 1.54) is 0 Å². The molecule has 0 spiro atoms. The minimum atomic E-state index is 0.587. The lowest BCUT2D eigenvalue weighted by molar-refractivity contribution is 0.0497. The summed E-state index contributed by atoms with van der Waals surface area (Å²) in [6, 6.07) is 0. The fraction of sp³-hybridized carbons (Fsp3) is 0.812. The number of guanidine groups is 1. The Labute approximate surface area is 145 Å². The molecule has 0 radical (unpaired) electrons. The topological polar surface area (TPSA) is 76.8 Å². The first-order valence-corrected chi connectivity index (χ1v) is 8.66. The maximum atomic E-state index is 5.54. The number of hydrogen-bond donors (Lipinski definition) is 1. The van der Waals surface area contributed by atoms with Crippen molar-refractivity contribution in [2.45, 2.75) is 33.2 Å². The number of aromatic nitrogens is 3. The van der Waals surface area contributed by atoms with Gasteiger partial charge in [0.15, 0.2) is 5.96 Å². The van der Waals surface area contributed by atoms with Crippen molar-refractivity contribution in [2.24, 2.45) is 12.0 Å². The van der Waals surface area contributed by atoms with E-state index < -0.39 is 0 Å². The molecule has 0 fully saturated rings. The average Bonchev–Trinajstić information content (AvgIpc) is 2.97. The molecule has 0 aromatic carbocycles. The summed E-state index contributed by atoms with van der Waals surface area (Å²) in [5.41, 5.74) is 0. The number of nitrogens with zero attached hydrogens (tertiary/aromatic N) is 5. The van der Waals surface area contributed by atoms with E-state index in [2.05, 4.69) is 34.2 Å². The summed E-state index contributed by atoms with van der Waals surface area (Å²) in [5.74, 6) is 1.73. The Morgan fingerprint density at radius 2 is 2.00 bits per heavy atom. The third-order valence-electron chi connectivity index (χ3n) is 3.39. The number of nitrogens with one attached hydrogen (secondary N) is 1. The molecule has 0 atom stereocenters. The second-order valence-corrected chi connectivity index (χ2v) is 5.47. The van der Waals surface area contributed by atoms with Gasteiger partial charge in [0.1, 0.15) is 12.2 Å². The molecule has 0 saturated heterocycles. The molecular formula is C16H32N6O2. The van der Waals surface area contributed by atoms with Crippen LogP contribution in [-0.4, -0.2) is 72.2 Å². The van der Waals surface area contributed by atoms with E-state index in [1.54, 1.807) is 11.0 Å². The highest BCUT2D eigenvalue weighted by molar-refractivity contribution is 5.79. The van der Waals surface area contributed by atoms with Crippen molar-refractivity contribution in [3.63, 3.8) is 0 Å². The van der Waals surface area contributed by atoms with Crippen LogP contribution in [-0.2, 0) is 23.1 Å². The van der Waals surface area contributed by atoms with Gasteiger partial charge in [0.05, 0.1) is 32.9 Å². The first kappa shape index (κ1) is 20.4. The molecule has 0 aliphatic heterocycles. The van der Waals surface area contributed by atoms with Crippen LogP contribution in [0.15, 0.2) is 11.3 Å². The van der Waals surface area contributed by atoms with Crippen molar-refractivity contribution in [1.82, 2.24) is 25.0 Å². The Balaban J connectivity index is 2.27. The van der Waals surface area contributed by atoms with E-state index in [0.29, 0.717) is 32.9 Å². The van der Waals surface area contributed by atoms with E-state index in [-0.39, 0.29) is 0 Å². The molecule has 138 valence electrons. The lowest BCUT2D eigenvalue weighted by atomic mass is 10.4. The minimum Gasteiger partial charge on any atom is -0.379 e. The van der Waals surface area contributed by atoms with Gasteiger partial charge in [0, 0.05) is 27.2 Å². The van der Waals surface area contributed by atoms with Crippen LogP contribution in [0.3, 0.4) is 0 Å². The number of aliphatic imine (C=N–C) groups is 1. The Bertz CT molecular complexity index is 463. The fourth-order valence-corrected chi connectivity index (χ4v) is 2.00. The lowest BCUT2D eigenvalue weighted by Crippen LogP contribution is -2.39. The summed E-state index contributed by atoms with van der Waals surface area (Å²) >= 11 is 0. The zero-order valence-electron chi connectivity index (χ0n) is 15.5. The van der Waals surface area contributed by atoms with Gasteiger partial charge in [0.25, 0.3) is 0 Å². The normalized spacial score (nSPS) is 11.8. The molecule has 0 aliphatic rings. The molecule has 1 heterocycles. The zero-order valence-corrected chi connectivity index (χ0v) is 15.5. The number of ether oxygens (including phenoxy) is 2. The Kier molecular flexibility index (Phi) is 10.8. The Hall–Kier alpha value is -1.67. The summed E-state index contributed by atoms with van der Waals surface area (Å²) in [6.45, 7) is 8.94. The molecule has 8 nitrogen and oxygen atoms in total. The standard InChI is InChI=1S/C16H32N6O2/c1-5-7-9-23-11-12-24-10-8-18-16(17-6-2)21(3)13-15-19-14-20-22(15)4/h14H,5-13H2,1-4H3,(H,17,18). The molecule has 24 heavy (non-hydrogen) atoms. The van der Waals surface area contributed by atoms with Gasteiger partial charge in [-0.2, -0.15) is 5.10 Å². The third-order valence-corrected chi connectivity index (χ3v) is 3.39. The van der Waals surface area contributed by atoms with Crippen molar-refractivity contribution in [3.8, 4) is 0 Å². The van der Waals surface area contributed by atoms with Crippen LogP contribution in [0.4, 0.5) is 0 Å². The predicted octanol–water partition coefficient (Wildman–Crippen LogP) is 1.05. The van der Waals surface area contributed by atoms with Gasteiger partial charge in [-0.25, -0.2) is 4.98 Å². The Morgan fingerprint density at radius 3 is 2.62 bits per heavy atom. The highest BCUT2D eigenvalue weighted by Crippen LogP contribution is 1.98. The van der Waals surface area contributed by atoms with Crippen molar-refractivity contribution >= 4 is 5.96 Å². The van der Waals surface area contributed by atoms with Crippen LogP contribution in [0, 0.1) is 0 Å². The van der Waals surface area contributed by atoms with Crippen LogP contribution in [0.5, 0.6) is 0 Å². The molecule has 0 bridgehead atoms. The molecule has 0 unspecified atom stereocenters. The molecule has 8 heteroatoms. The maximum absolute atomic E-state index is 5.54. The van der Waals surface area contributed by atoms with Gasteiger partial charge in [-0.15, -0.1) is 0 Å². The van der Waals surface area contributed by atoms with E-state index in [1.807, 2.05) is 19.0 Å². The number of unbranched alkanes of at least 4 members (excludes halogenated alkanes) is 1. The summed E-state index contributed by atoms with van der Waals surface area (Å²) in [6.07, 6.45) is 3.82. The van der Waals surface area contributed by atoms with Crippen LogP contribution < -0.4 is 5.32 Å². The van der Waals surface area contributed by atoms with Crippen molar-refractivity contribution < 1.29 is 9.47 Å². The number of aryl methyl sites for hydroxylation is 1. The Morgan fingerprint density at radius 1 is 1.25 bits per heavy atom. The lowest BCUT2D eigenvalue weighted by Gasteiger charge is -2.21. The van der Waals surface area contributed by atoms with Gasteiger partial charge >= 0.3 is 0 Å². The summed E-state index contributed by atoms with van der Waals surface area (Å²) in [7, 11) is 3.87. The van der Waals surface area contributed by atoms with Crippen molar-refractivity contribution in [1.29, 1.82) is 0 Å². The first-order chi connectivity index (χ1) is 11.7. The number of rotatable bonds is 12. The largest absolute Gasteiger partial charge is 0.379 e. The van der Waals surface area contributed by atoms with Gasteiger partial charge in [-0.05, 0) is 13.3 Å². The van der Waals surface area contributed by atoms with Crippen LogP contribution in [0.2, 0.25) is 0 Å². The second-order valence-electron chi connectivity index (χ2n) is 5.47. The molecule has 1 rings (SSSR count). The number of hydrogen-bond acceptors (Lipinski definition) is 5. The summed E-state index contributed by atoms with van der Waals surface area (Å²) < 4.78 is 12.8. The molecule has 1 N–H and O–H groups in total. The van der Waals surface area contributed by atoms with Gasteiger partial charge in [-0.1, -0.05) is 13.3 Å². The van der Waals surface area contributed by atoms with Crippen molar-refractivity contribution in [2.75, 3.05) is 46.6 Å². The molecule has 1 aromatic heterocycles. The molecular weight excluding hydrogens is 308 g/mol. The van der Waals surface area contributed by atoms with E-state index in [0.717, 1.165) is 37.8 Å². The summed E-state index contributed by atoms with van der Waals surface area (Å²) in [5, 5.41) is 7.36. The average molecular weight is 340 g/mol. The minimum absolute atomic E-state index is 0.587. The molecule has 0 aliphatic carbocycles. The molecule has 0 saturated carbocycles. The van der Waals surface area contributed by atoms with Gasteiger partial charge < -0.3 is 19.7 Å². The zero-order chi connectivity index (χ0) is 17.6. The van der Waals surface area contributed by atoms with E-state index in [4.69, 9.17) is 9.47 Å². The maximum Gasteiger partial charge on any atom is 0.194 e. The predicted molar refractivity (Wildman–Crippen MR) is 95.0 cm³/mol. The van der Waals surface area contributed by atoms with Crippen LogP contribution in [0.1, 0.15) is 32.5 Å². The van der Waals surface area contributed by atoms with Crippen LogP contribution >= 0.6 is 0 Å². The van der Waals surface area contributed by atoms with Crippen LogP contribution in [0.25, 0.3) is 0 Å². The van der Waals surface area contributed by atoms with E-state index in [9.17, 15) is 0 Å².